The van der Waals surface area contributed by atoms with Crippen LogP contribution in [-0.2, 0) is 24.2 Å². The minimum Gasteiger partial charge on any atom is -0.493 e. The number of hydrogen-bond acceptors (Lipinski definition) is 4. The van der Waals surface area contributed by atoms with Crippen molar-refractivity contribution in [2.75, 3.05) is 20.8 Å². The third kappa shape index (κ3) is 5.23. The Morgan fingerprint density at radius 2 is 1.61 bits per heavy atom. The first-order chi connectivity index (χ1) is 17.3. The number of aryl methyl sites for hydroxylation is 2. The molecular formula is C30H35N3O3. The molecule has 4 aromatic rings. The van der Waals surface area contributed by atoms with Crippen molar-refractivity contribution in [2.45, 2.75) is 47.1 Å². The summed E-state index contributed by atoms with van der Waals surface area (Å²) in [6, 6.07) is 16.0. The van der Waals surface area contributed by atoms with Crippen LogP contribution in [0, 0.1) is 27.7 Å². The van der Waals surface area contributed by atoms with E-state index in [4.69, 9.17) is 14.5 Å². The van der Waals surface area contributed by atoms with Crippen LogP contribution in [0.1, 0.15) is 39.2 Å². The molecule has 6 nitrogen and oxygen atoms in total. The van der Waals surface area contributed by atoms with E-state index in [9.17, 15) is 4.79 Å². The Labute approximate surface area is 213 Å². The molecule has 0 spiro atoms. The topological polar surface area (TPSA) is 65.4 Å². The molecule has 3 aromatic carbocycles. The van der Waals surface area contributed by atoms with Crippen molar-refractivity contribution in [2.24, 2.45) is 0 Å². The molecule has 0 fully saturated rings. The Kier molecular flexibility index (Phi) is 7.63. The summed E-state index contributed by atoms with van der Waals surface area (Å²) in [4.78, 5) is 17.6. The number of amides is 1. The van der Waals surface area contributed by atoms with Crippen molar-refractivity contribution in [3.63, 3.8) is 0 Å². The van der Waals surface area contributed by atoms with Gasteiger partial charge in [-0.3, -0.25) is 4.79 Å². The number of ether oxygens (including phenoxy) is 2. The van der Waals surface area contributed by atoms with E-state index in [-0.39, 0.29) is 12.3 Å². The number of para-hydroxylation sites is 2. The van der Waals surface area contributed by atoms with Gasteiger partial charge in [-0.15, -0.1) is 0 Å². The third-order valence-electron chi connectivity index (χ3n) is 7.05. The van der Waals surface area contributed by atoms with E-state index in [2.05, 4.69) is 55.8 Å². The van der Waals surface area contributed by atoms with E-state index >= 15 is 0 Å². The molecule has 0 radical (unpaired) electrons. The first-order valence-electron chi connectivity index (χ1n) is 12.3. The lowest BCUT2D eigenvalue weighted by Crippen LogP contribution is -2.28. The van der Waals surface area contributed by atoms with E-state index in [1.807, 2.05) is 30.3 Å². The molecule has 0 aliphatic carbocycles. The second-order valence-electron chi connectivity index (χ2n) is 9.31. The van der Waals surface area contributed by atoms with Crippen LogP contribution in [0.5, 0.6) is 11.5 Å². The highest BCUT2D eigenvalue weighted by Gasteiger charge is 2.16. The van der Waals surface area contributed by atoms with Gasteiger partial charge >= 0.3 is 0 Å². The molecule has 0 saturated heterocycles. The number of methoxy groups -OCH3 is 2. The largest absolute Gasteiger partial charge is 0.493 e. The van der Waals surface area contributed by atoms with Crippen LogP contribution in [0.15, 0.2) is 48.5 Å². The minimum absolute atomic E-state index is 0.0362. The molecule has 0 atom stereocenters. The van der Waals surface area contributed by atoms with Gasteiger partial charge in [-0.25, -0.2) is 4.98 Å². The smallest absolute Gasteiger partial charge is 0.224 e. The fraction of sp³-hybridized carbons (Fsp3) is 0.333. The van der Waals surface area contributed by atoms with Crippen LogP contribution < -0.4 is 14.8 Å². The van der Waals surface area contributed by atoms with Gasteiger partial charge in [0.05, 0.1) is 31.7 Å². The Bertz CT molecular complexity index is 1380. The average molecular weight is 486 g/mol. The van der Waals surface area contributed by atoms with Gasteiger partial charge in [0, 0.05) is 19.5 Å². The zero-order valence-corrected chi connectivity index (χ0v) is 22.1. The fourth-order valence-electron chi connectivity index (χ4n) is 4.74. The molecule has 188 valence electrons. The van der Waals surface area contributed by atoms with Crippen LogP contribution in [0.4, 0.5) is 0 Å². The number of fused-ring (bicyclic) bond motifs is 1. The molecule has 4 rings (SSSR count). The van der Waals surface area contributed by atoms with Crippen molar-refractivity contribution in [3.05, 3.63) is 87.7 Å². The Morgan fingerprint density at radius 3 is 2.31 bits per heavy atom. The normalized spacial score (nSPS) is 11.1. The zero-order chi connectivity index (χ0) is 25.8. The minimum atomic E-state index is -0.0362. The molecule has 36 heavy (non-hydrogen) atoms. The number of carbonyl (C=O) groups is 1. The summed E-state index contributed by atoms with van der Waals surface area (Å²) in [5.41, 5.74) is 9.57. The van der Waals surface area contributed by atoms with Crippen LogP contribution in [0.3, 0.4) is 0 Å². The molecule has 0 aliphatic heterocycles. The summed E-state index contributed by atoms with van der Waals surface area (Å²) in [6.07, 6.45) is 0.924. The summed E-state index contributed by atoms with van der Waals surface area (Å²) >= 11 is 0. The fourth-order valence-corrected chi connectivity index (χ4v) is 4.74. The lowest BCUT2D eigenvalue weighted by molar-refractivity contribution is -0.120. The van der Waals surface area contributed by atoms with Gasteiger partial charge in [-0.2, -0.15) is 0 Å². The van der Waals surface area contributed by atoms with Crippen molar-refractivity contribution in [3.8, 4) is 11.5 Å². The number of carbonyl (C=O) groups excluding carboxylic acids is 1. The monoisotopic (exact) mass is 485 g/mol. The summed E-state index contributed by atoms with van der Waals surface area (Å²) in [7, 11) is 3.19. The lowest BCUT2D eigenvalue weighted by atomic mass is 9.94. The number of aromatic nitrogens is 2. The average Bonchev–Trinajstić information content (AvgIpc) is 3.22. The molecule has 1 heterocycles. The number of nitrogens with one attached hydrogen (secondary N) is 1. The number of hydrogen-bond donors (Lipinski definition) is 1. The summed E-state index contributed by atoms with van der Waals surface area (Å²) in [5, 5.41) is 3.06. The summed E-state index contributed by atoms with van der Waals surface area (Å²) in [6.45, 7) is 10.0. The first kappa shape index (κ1) is 25.3. The van der Waals surface area contributed by atoms with Gasteiger partial charge in [-0.05, 0) is 85.3 Å². The van der Waals surface area contributed by atoms with Crippen LogP contribution >= 0.6 is 0 Å². The number of imidazole rings is 1. The van der Waals surface area contributed by atoms with Crippen LogP contribution in [0.25, 0.3) is 11.0 Å². The van der Waals surface area contributed by atoms with Crippen molar-refractivity contribution >= 4 is 16.9 Å². The molecule has 1 aromatic heterocycles. The van der Waals surface area contributed by atoms with Crippen molar-refractivity contribution < 1.29 is 14.3 Å². The first-order valence-corrected chi connectivity index (χ1v) is 12.3. The number of nitrogens with zero attached hydrogens (tertiary/aromatic N) is 2. The maximum absolute atomic E-state index is 12.7. The van der Waals surface area contributed by atoms with Gasteiger partial charge in [-0.1, -0.05) is 24.3 Å². The number of benzene rings is 3. The van der Waals surface area contributed by atoms with Gasteiger partial charge in [0.15, 0.2) is 11.5 Å². The molecule has 1 N–H and O–H groups in total. The van der Waals surface area contributed by atoms with Crippen molar-refractivity contribution in [1.82, 2.24) is 14.9 Å². The Hall–Kier alpha value is -3.80. The number of rotatable bonds is 9. The van der Waals surface area contributed by atoms with Gasteiger partial charge < -0.3 is 19.4 Å². The molecule has 0 saturated carbocycles. The van der Waals surface area contributed by atoms with E-state index in [0.29, 0.717) is 24.5 Å². The highest BCUT2D eigenvalue weighted by atomic mass is 16.5. The summed E-state index contributed by atoms with van der Waals surface area (Å²) in [5.74, 6) is 2.20. The zero-order valence-electron chi connectivity index (χ0n) is 22.1. The molecular weight excluding hydrogens is 450 g/mol. The quantitative estimate of drug-likeness (QED) is 0.352. The molecule has 1 amide bonds. The third-order valence-corrected chi connectivity index (χ3v) is 7.05. The molecule has 6 heteroatoms. The second kappa shape index (κ2) is 10.9. The standard InChI is InChI=1S/C30H35N3O3/c1-19-15-20(2)22(4)24(21(19)3)18-33-26-10-8-7-9-25(26)32-29(33)13-14-31-30(34)17-23-11-12-27(35-5)28(16-23)36-6/h7-12,15-16H,13-14,17-18H2,1-6H3,(H,31,34). The Morgan fingerprint density at radius 1 is 0.917 bits per heavy atom. The highest BCUT2D eigenvalue weighted by Crippen LogP contribution is 2.28. The maximum Gasteiger partial charge on any atom is 0.224 e. The van der Waals surface area contributed by atoms with Gasteiger partial charge in [0.2, 0.25) is 5.91 Å². The van der Waals surface area contributed by atoms with Crippen molar-refractivity contribution in [1.29, 1.82) is 0 Å². The SMILES string of the molecule is COc1ccc(CC(=O)NCCc2nc3ccccc3n2Cc2c(C)c(C)cc(C)c2C)cc1OC. The molecule has 0 aliphatic rings. The highest BCUT2D eigenvalue weighted by molar-refractivity contribution is 5.79. The van der Waals surface area contributed by atoms with E-state index < -0.39 is 0 Å². The molecule has 0 unspecified atom stereocenters. The predicted octanol–water partition coefficient (Wildman–Crippen LogP) is 5.24. The van der Waals surface area contributed by atoms with E-state index in [0.717, 1.165) is 29.0 Å². The van der Waals surface area contributed by atoms with Crippen LogP contribution in [-0.4, -0.2) is 36.2 Å². The van der Waals surface area contributed by atoms with E-state index in [1.165, 1.54) is 27.8 Å². The predicted molar refractivity (Wildman–Crippen MR) is 144 cm³/mol. The van der Waals surface area contributed by atoms with Crippen LogP contribution in [0.2, 0.25) is 0 Å². The summed E-state index contributed by atoms with van der Waals surface area (Å²) < 4.78 is 12.9. The van der Waals surface area contributed by atoms with E-state index in [1.54, 1.807) is 14.2 Å². The van der Waals surface area contributed by atoms with Gasteiger partial charge in [0.25, 0.3) is 0 Å². The Balaban J connectivity index is 1.50. The second-order valence-corrected chi connectivity index (χ2v) is 9.31. The van der Waals surface area contributed by atoms with Gasteiger partial charge in [0.1, 0.15) is 5.82 Å². The maximum atomic E-state index is 12.7. The molecule has 0 bridgehead atoms. The lowest BCUT2D eigenvalue weighted by Gasteiger charge is -2.18.